The Labute approximate surface area is 201 Å². The maximum Gasteiger partial charge on any atom is 0.235 e. The van der Waals surface area contributed by atoms with Gasteiger partial charge in [0, 0.05) is 45.0 Å². The Morgan fingerprint density at radius 2 is 1.74 bits per heavy atom. The van der Waals surface area contributed by atoms with Gasteiger partial charge in [0.2, 0.25) is 10.0 Å². The number of ether oxygens (including phenoxy) is 1. The van der Waals surface area contributed by atoms with E-state index < -0.39 is 10.0 Å². The van der Waals surface area contributed by atoms with Crippen LogP contribution in [-0.4, -0.2) is 50.9 Å². The zero-order valence-electron chi connectivity index (χ0n) is 19.9. The minimum Gasteiger partial charge on any atom is -0.376 e. The molecule has 6 rings (SSSR count). The molecule has 0 bridgehead atoms. The third-order valence-corrected chi connectivity index (χ3v) is 10.8. The number of halogens is 1. The smallest absolute Gasteiger partial charge is 0.235 e. The molecular weight excluding hydrogens is 451 g/mol. The zero-order chi connectivity index (χ0) is 23.7. The Bertz CT molecular complexity index is 1190. The van der Waals surface area contributed by atoms with Crippen molar-refractivity contribution in [3.05, 3.63) is 65.0 Å². The van der Waals surface area contributed by atoms with Crippen LogP contribution in [0.3, 0.4) is 0 Å². The second-order valence-electron chi connectivity index (χ2n) is 10.9. The van der Waals surface area contributed by atoms with Crippen LogP contribution < -0.4 is 4.72 Å². The maximum atomic E-state index is 14.6. The molecule has 2 saturated carbocycles. The quantitative estimate of drug-likeness (QED) is 0.612. The van der Waals surface area contributed by atoms with E-state index in [-0.39, 0.29) is 22.1 Å². The van der Waals surface area contributed by atoms with Crippen molar-refractivity contribution in [2.75, 3.05) is 31.5 Å². The van der Waals surface area contributed by atoms with Gasteiger partial charge >= 0.3 is 0 Å². The van der Waals surface area contributed by atoms with E-state index >= 15 is 0 Å². The fourth-order valence-electron chi connectivity index (χ4n) is 7.03. The van der Waals surface area contributed by atoms with Gasteiger partial charge in [-0.15, -0.1) is 0 Å². The number of anilines is 1. The molecule has 1 saturated heterocycles. The lowest BCUT2D eigenvalue weighted by Crippen LogP contribution is -2.46. The molecule has 182 valence electrons. The number of hydrogen-bond donors (Lipinski definition) is 1. The molecule has 34 heavy (non-hydrogen) atoms. The van der Waals surface area contributed by atoms with E-state index in [1.807, 2.05) is 13.2 Å². The first-order valence-corrected chi connectivity index (χ1v) is 14.0. The van der Waals surface area contributed by atoms with E-state index in [2.05, 4.69) is 40.8 Å². The molecule has 5 nitrogen and oxygen atoms in total. The number of hydrogen-bond acceptors (Lipinski definition) is 4. The maximum absolute atomic E-state index is 14.6. The summed E-state index contributed by atoms with van der Waals surface area (Å²) in [5.74, 6) is 0.553. The van der Waals surface area contributed by atoms with Crippen molar-refractivity contribution in [3.63, 3.8) is 0 Å². The zero-order valence-corrected chi connectivity index (χ0v) is 20.7. The van der Waals surface area contributed by atoms with Crippen molar-refractivity contribution in [1.29, 1.82) is 0 Å². The number of piperidine rings is 1. The minimum absolute atomic E-state index is 0.0722. The third kappa shape index (κ3) is 3.59. The van der Waals surface area contributed by atoms with Crippen molar-refractivity contribution in [1.82, 2.24) is 4.90 Å². The molecule has 1 aliphatic heterocycles. The van der Waals surface area contributed by atoms with Crippen LogP contribution in [0.25, 0.3) is 0 Å². The molecule has 1 heterocycles. The number of rotatable bonds is 8. The van der Waals surface area contributed by atoms with Crippen LogP contribution in [0.2, 0.25) is 0 Å². The lowest BCUT2D eigenvalue weighted by atomic mass is 9.87. The van der Waals surface area contributed by atoms with Gasteiger partial charge in [-0.25, -0.2) is 12.8 Å². The van der Waals surface area contributed by atoms with Crippen LogP contribution in [-0.2, 0) is 33.0 Å². The average Bonchev–Trinajstić information content (AvgIpc) is 3.67. The first-order chi connectivity index (χ1) is 16.3. The van der Waals surface area contributed by atoms with Gasteiger partial charge in [0.1, 0.15) is 5.82 Å². The molecule has 2 aromatic rings. The Hall–Kier alpha value is -1.96. The predicted octanol–water partition coefficient (Wildman–Crippen LogP) is 4.12. The van der Waals surface area contributed by atoms with Crippen molar-refractivity contribution in [2.24, 2.45) is 11.8 Å². The largest absolute Gasteiger partial charge is 0.376 e. The molecule has 0 radical (unpaired) electrons. The summed E-state index contributed by atoms with van der Waals surface area (Å²) in [7, 11) is -1.59. The first-order valence-electron chi connectivity index (χ1n) is 12.5. The molecule has 2 aromatic carbocycles. The Kier molecular flexibility index (Phi) is 5.14. The summed E-state index contributed by atoms with van der Waals surface area (Å²) in [6.45, 7) is 5.02. The SMILES string of the molecule is CC[C@]1(c2cc(F)cc(NS(=O)(=O)C3CC3)c2)[C@@H]2CN(CC3(OC)Cc4ccccc4C3)C[C@@H]21. The highest BCUT2D eigenvalue weighted by Crippen LogP contribution is 2.65. The van der Waals surface area contributed by atoms with E-state index in [0.29, 0.717) is 30.4 Å². The fraction of sp³-hybridized carbons (Fsp3) is 0.556. The standard InChI is InChI=1S/C27H33FN2O3S/c1-3-27(20-10-21(28)12-22(11-20)29-34(31,32)23-8-9-23)24-15-30(16-25(24)27)17-26(33-2)13-18-6-4-5-7-19(18)14-26/h4-7,10-12,23-25,29H,3,8-9,13-17H2,1-2H3/t24-,25+,27+. The molecular formula is C27H33FN2O3S. The van der Waals surface area contributed by atoms with Gasteiger partial charge in [-0.05, 0) is 66.0 Å². The van der Waals surface area contributed by atoms with Gasteiger partial charge in [-0.1, -0.05) is 31.2 Å². The first kappa shape index (κ1) is 22.5. The molecule has 0 aromatic heterocycles. The van der Waals surface area contributed by atoms with E-state index in [1.165, 1.54) is 17.2 Å². The van der Waals surface area contributed by atoms with Crippen LogP contribution >= 0.6 is 0 Å². The van der Waals surface area contributed by atoms with Crippen LogP contribution in [0.1, 0.15) is 42.9 Å². The molecule has 0 spiro atoms. The number of benzene rings is 2. The van der Waals surface area contributed by atoms with Gasteiger partial charge in [0.05, 0.1) is 16.5 Å². The molecule has 0 unspecified atom stereocenters. The summed E-state index contributed by atoms with van der Waals surface area (Å²) in [4.78, 5) is 2.52. The molecule has 0 amide bonds. The summed E-state index contributed by atoms with van der Waals surface area (Å²) in [6, 6.07) is 13.4. The molecule has 3 fully saturated rings. The van der Waals surface area contributed by atoms with Gasteiger partial charge in [0.15, 0.2) is 0 Å². The molecule has 1 N–H and O–H groups in total. The van der Waals surface area contributed by atoms with E-state index in [1.54, 1.807) is 6.07 Å². The highest BCUT2D eigenvalue weighted by atomic mass is 32.2. The third-order valence-electron chi connectivity index (χ3n) is 8.94. The molecule has 4 aliphatic rings. The van der Waals surface area contributed by atoms with Crippen molar-refractivity contribution in [3.8, 4) is 0 Å². The predicted molar refractivity (Wildman–Crippen MR) is 131 cm³/mol. The minimum atomic E-state index is -3.42. The number of nitrogens with one attached hydrogen (secondary N) is 1. The normalized spacial score (nSPS) is 29.6. The van der Waals surface area contributed by atoms with Crippen LogP contribution in [0.5, 0.6) is 0 Å². The fourth-order valence-corrected chi connectivity index (χ4v) is 8.40. The molecule has 3 aliphatic carbocycles. The van der Waals surface area contributed by atoms with E-state index in [4.69, 9.17) is 4.74 Å². The average molecular weight is 485 g/mol. The molecule has 7 heteroatoms. The van der Waals surface area contributed by atoms with Crippen molar-refractivity contribution in [2.45, 2.75) is 55.3 Å². The second kappa shape index (κ2) is 7.77. The number of nitrogens with zero attached hydrogens (tertiary/aromatic N) is 1. The summed E-state index contributed by atoms with van der Waals surface area (Å²) in [6.07, 6.45) is 4.18. The second-order valence-corrected chi connectivity index (χ2v) is 12.8. The highest BCUT2D eigenvalue weighted by Gasteiger charge is 2.67. The Balaban J connectivity index is 1.18. The molecule has 3 atom stereocenters. The number of sulfonamides is 1. The van der Waals surface area contributed by atoms with Crippen LogP contribution in [0.4, 0.5) is 10.1 Å². The Morgan fingerprint density at radius 1 is 1.09 bits per heavy atom. The Morgan fingerprint density at radius 3 is 2.29 bits per heavy atom. The lowest BCUT2D eigenvalue weighted by Gasteiger charge is -2.35. The summed E-state index contributed by atoms with van der Waals surface area (Å²) in [5, 5.41) is -0.331. The van der Waals surface area contributed by atoms with Crippen LogP contribution in [0, 0.1) is 17.7 Å². The summed E-state index contributed by atoms with van der Waals surface area (Å²) >= 11 is 0. The monoisotopic (exact) mass is 484 g/mol. The van der Waals surface area contributed by atoms with Crippen molar-refractivity contribution < 1.29 is 17.5 Å². The lowest BCUT2D eigenvalue weighted by molar-refractivity contribution is -0.0276. The summed E-state index contributed by atoms with van der Waals surface area (Å²) < 4.78 is 48.2. The number of methoxy groups -OCH3 is 1. The number of likely N-dealkylation sites (tertiary alicyclic amines) is 1. The number of fused-ring (bicyclic) bond motifs is 2. The summed E-state index contributed by atoms with van der Waals surface area (Å²) in [5.41, 5.74) is 3.82. The van der Waals surface area contributed by atoms with Gasteiger partial charge < -0.3 is 4.74 Å². The topological polar surface area (TPSA) is 58.6 Å². The highest BCUT2D eigenvalue weighted by molar-refractivity contribution is 7.93. The van der Waals surface area contributed by atoms with E-state index in [9.17, 15) is 12.8 Å². The van der Waals surface area contributed by atoms with Crippen LogP contribution in [0.15, 0.2) is 42.5 Å². The van der Waals surface area contributed by atoms with Gasteiger partial charge in [-0.2, -0.15) is 0 Å². The van der Waals surface area contributed by atoms with Gasteiger partial charge in [-0.3, -0.25) is 9.62 Å². The van der Waals surface area contributed by atoms with E-state index in [0.717, 1.165) is 44.5 Å². The van der Waals surface area contributed by atoms with Crippen molar-refractivity contribution >= 4 is 15.7 Å². The van der Waals surface area contributed by atoms with Gasteiger partial charge in [0.25, 0.3) is 0 Å².